The van der Waals surface area contributed by atoms with Gasteiger partial charge in [0, 0.05) is 18.5 Å². The molecule has 0 saturated heterocycles. The molecular formula is C14H12F3NO. The van der Waals surface area contributed by atoms with Gasteiger partial charge in [-0.25, -0.2) is 0 Å². The molecule has 0 N–H and O–H groups in total. The van der Waals surface area contributed by atoms with Gasteiger partial charge in [0.1, 0.15) is 0 Å². The summed E-state index contributed by atoms with van der Waals surface area (Å²) in [5, 5.41) is 0.486. The molecular weight excluding hydrogens is 255 g/mol. The number of fused-ring (bicyclic) bond motifs is 1. The monoisotopic (exact) mass is 267 g/mol. The SMILES string of the molecule is FC(F)(F)c1cc(N2CC=CCC2)c2occc2c1. The van der Waals surface area contributed by atoms with Gasteiger partial charge in [-0.2, -0.15) is 13.2 Å². The van der Waals surface area contributed by atoms with E-state index in [4.69, 9.17) is 4.42 Å². The molecule has 0 amide bonds. The first-order chi connectivity index (χ1) is 9.05. The fraction of sp³-hybridized carbons (Fsp3) is 0.286. The summed E-state index contributed by atoms with van der Waals surface area (Å²) in [6, 6.07) is 3.86. The van der Waals surface area contributed by atoms with Crippen LogP contribution in [-0.4, -0.2) is 13.1 Å². The highest BCUT2D eigenvalue weighted by molar-refractivity contribution is 5.90. The number of furan rings is 1. The Balaban J connectivity index is 2.15. The number of hydrogen-bond acceptors (Lipinski definition) is 2. The Morgan fingerprint density at radius 2 is 2.00 bits per heavy atom. The minimum atomic E-state index is -4.34. The molecule has 5 heteroatoms. The van der Waals surface area contributed by atoms with E-state index < -0.39 is 11.7 Å². The summed E-state index contributed by atoms with van der Waals surface area (Å²) < 4.78 is 44.1. The molecule has 0 spiro atoms. The Labute approximate surface area is 108 Å². The maximum atomic E-state index is 12.9. The van der Waals surface area contributed by atoms with Gasteiger partial charge in [-0.3, -0.25) is 0 Å². The smallest absolute Gasteiger partial charge is 0.416 e. The molecule has 1 aromatic heterocycles. The van der Waals surface area contributed by atoms with Gasteiger partial charge in [-0.05, 0) is 24.6 Å². The molecule has 19 heavy (non-hydrogen) atoms. The van der Waals surface area contributed by atoms with Crippen molar-refractivity contribution >= 4 is 16.7 Å². The van der Waals surface area contributed by atoms with Crippen LogP contribution in [0.1, 0.15) is 12.0 Å². The average molecular weight is 267 g/mol. The minimum Gasteiger partial charge on any atom is -0.462 e. The van der Waals surface area contributed by atoms with Crippen molar-refractivity contribution in [3.8, 4) is 0 Å². The Bertz CT molecular complexity index is 627. The van der Waals surface area contributed by atoms with Crippen LogP contribution in [0.2, 0.25) is 0 Å². The van der Waals surface area contributed by atoms with E-state index in [2.05, 4.69) is 0 Å². The van der Waals surface area contributed by atoms with Gasteiger partial charge in [0.15, 0.2) is 5.58 Å². The number of rotatable bonds is 1. The quantitative estimate of drug-likeness (QED) is 0.719. The summed E-state index contributed by atoms with van der Waals surface area (Å²) in [5.74, 6) is 0. The predicted octanol–water partition coefficient (Wildman–Crippen LogP) is 4.22. The van der Waals surface area contributed by atoms with Crippen molar-refractivity contribution in [3.05, 3.63) is 42.2 Å². The second-order valence-electron chi connectivity index (χ2n) is 4.54. The molecule has 1 aliphatic rings. The summed E-state index contributed by atoms with van der Waals surface area (Å²) in [6.07, 6.45) is 1.90. The lowest BCUT2D eigenvalue weighted by atomic mass is 10.1. The summed E-state index contributed by atoms with van der Waals surface area (Å²) in [6.45, 7) is 1.31. The van der Waals surface area contributed by atoms with E-state index >= 15 is 0 Å². The third kappa shape index (κ3) is 2.20. The molecule has 1 aliphatic heterocycles. The third-order valence-corrected chi connectivity index (χ3v) is 3.26. The van der Waals surface area contributed by atoms with Crippen LogP contribution in [0.4, 0.5) is 18.9 Å². The zero-order valence-electron chi connectivity index (χ0n) is 10.1. The van der Waals surface area contributed by atoms with E-state index in [9.17, 15) is 13.2 Å². The molecule has 0 bridgehead atoms. The van der Waals surface area contributed by atoms with Crippen LogP contribution < -0.4 is 4.90 Å². The highest BCUT2D eigenvalue weighted by Crippen LogP contribution is 2.37. The molecule has 2 heterocycles. The number of benzene rings is 1. The Hall–Kier alpha value is -1.91. The highest BCUT2D eigenvalue weighted by atomic mass is 19.4. The van der Waals surface area contributed by atoms with Crippen LogP contribution in [-0.2, 0) is 6.18 Å². The summed E-state index contributed by atoms with van der Waals surface area (Å²) in [4.78, 5) is 1.90. The molecule has 0 unspecified atom stereocenters. The van der Waals surface area contributed by atoms with Crippen molar-refractivity contribution in [1.82, 2.24) is 0 Å². The van der Waals surface area contributed by atoms with Gasteiger partial charge in [-0.1, -0.05) is 12.2 Å². The largest absolute Gasteiger partial charge is 0.462 e. The van der Waals surface area contributed by atoms with Crippen LogP contribution in [0.25, 0.3) is 11.0 Å². The molecule has 1 aromatic carbocycles. The maximum Gasteiger partial charge on any atom is 0.416 e. The Morgan fingerprint density at radius 3 is 2.68 bits per heavy atom. The van der Waals surface area contributed by atoms with Crippen molar-refractivity contribution in [2.75, 3.05) is 18.0 Å². The third-order valence-electron chi connectivity index (χ3n) is 3.26. The molecule has 2 aromatic rings. The lowest BCUT2D eigenvalue weighted by Crippen LogP contribution is -2.27. The highest BCUT2D eigenvalue weighted by Gasteiger charge is 2.32. The molecule has 0 atom stereocenters. The molecule has 0 saturated carbocycles. The average Bonchev–Trinajstić information content (AvgIpc) is 2.85. The first kappa shape index (κ1) is 12.1. The van der Waals surface area contributed by atoms with Crippen molar-refractivity contribution in [2.45, 2.75) is 12.6 Å². The Kier molecular flexibility index (Phi) is 2.77. The van der Waals surface area contributed by atoms with Crippen LogP contribution in [0.15, 0.2) is 41.0 Å². The number of halogens is 3. The second kappa shape index (κ2) is 4.33. The number of anilines is 1. The van der Waals surface area contributed by atoms with Gasteiger partial charge >= 0.3 is 6.18 Å². The lowest BCUT2D eigenvalue weighted by molar-refractivity contribution is -0.137. The fourth-order valence-corrected chi connectivity index (χ4v) is 2.32. The number of nitrogens with zero attached hydrogens (tertiary/aromatic N) is 1. The summed E-state index contributed by atoms with van der Waals surface area (Å²) in [5.41, 5.74) is 0.397. The number of alkyl halides is 3. The van der Waals surface area contributed by atoms with E-state index in [1.807, 2.05) is 17.1 Å². The van der Waals surface area contributed by atoms with Crippen molar-refractivity contribution < 1.29 is 17.6 Å². The maximum absolute atomic E-state index is 12.9. The van der Waals surface area contributed by atoms with E-state index in [0.29, 0.717) is 29.7 Å². The fourth-order valence-electron chi connectivity index (χ4n) is 2.32. The molecule has 0 radical (unpaired) electrons. The molecule has 0 aliphatic carbocycles. The van der Waals surface area contributed by atoms with Crippen LogP contribution >= 0.6 is 0 Å². The second-order valence-corrected chi connectivity index (χ2v) is 4.54. The number of hydrogen-bond donors (Lipinski definition) is 0. The van der Waals surface area contributed by atoms with Crippen molar-refractivity contribution in [2.24, 2.45) is 0 Å². The van der Waals surface area contributed by atoms with E-state index in [1.165, 1.54) is 12.3 Å². The zero-order chi connectivity index (χ0) is 13.5. The van der Waals surface area contributed by atoms with Crippen molar-refractivity contribution in [1.29, 1.82) is 0 Å². The van der Waals surface area contributed by atoms with Gasteiger partial charge in [0.05, 0.1) is 17.5 Å². The van der Waals surface area contributed by atoms with Crippen LogP contribution in [0.5, 0.6) is 0 Å². The van der Waals surface area contributed by atoms with E-state index in [0.717, 1.165) is 12.5 Å². The lowest BCUT2D eigenvalue weighted by Gasteiger charge is -2.26. The van der Waals surface area contributed by atoms with Gasteiger partial charge in [0.2, 0.25) is 0 Å². The Morgan fingerprint density at radius 1 is 1.16 bits per heavy atom. The normalized spacial score (nSPS) is 16.3. The standard InChI is InChI=1S/C14H12F3NO/c15-14(16,17)11-8-10-4-7-19-13(10)12(9-11)18-5-2-1-3-6-18/h1-2,4,7-9H,3,5-6H2. The molecule has 0 fully saturated rings. The van der Waals surface area contributed by atoms with Gasteiger partial charge < -0.3 is 9.32 Å². The minimum absolute atomic E-state index is 0.486. The summed E-state index contributed by atoms with van der Waals surface area (Å²) in [7, 11) is 0. The van der Waals surface area contributed by atoms with E-state index in [1.54, 1.807) is 6.07 Å². The predicted molar refractivity (Wildman–Crippen MR) is 67.2 cm³/mol. The first-order valence-corrected chi connectivity index (χ1v) is 6.04. The molecule has 3 rings (SSSR count). The molecule has 2 nitrogen and oxygen atoms in total. The molecule has 100 valence electrons. The van der Waals surface area contributed by atoms with Crippen molar-refractivity contribution in [3.63, 3.8) is 0 Å². The summed E-state index contributed by atoms with van der Waals surface area (Å²) >= 11 is 0. The zero-order valence-corrected chi connectivity index (χ0v) is 10.1. The van der Waals surface area contributed by atoms with E-state index in [-0.39, 0.29) is 0 Å². The topological polar surface area (TPSA) is 16.4 Å². The van der Waals surface area contributed by atoms with Crippen LogP contribution in [0.3, 0.4) is 0 Å². The van der Waals surface area contributed by atoms with Gasteiger partial charge in [0.25, 0.3) is 0 Å². The van der Waals surface area contributed by atoms with Crippen LogP contribution in [0, 0.1) is 0 Å². The first-order valence-electron chi connectivity index (χ1n) is 6.04. The van der Waals surface area contributed by atoms with Gasteiger partial charge in [-0.15, -0.1) is 0 Å².